The zero-order valence-corrected chi connectivity index (χ0v) is 12.7. The summed E-state index contributed by atoms with van der Waals surface area (Å²) in [6, 6.07) is -0.724. The van der Waals surface area contributed by atoms with Gasteiger partial charge in [-0.15, -0.1) is 6.58 Å². The van der Waals surface area contributed by atoms with Crippen LogP contribution in [0.3, 0.4) is 0 Å². The van der Waals surface area contributed by atoms with Crippen molar-refractivity contribution in [3.05, 3.63) is 24.9 Å². The number of carbonyl (C=O) groups is 3. The van der Waals surface area contributed by atoms with Crippen molar-refractivity contribution in [1.82, 2.24) is 25.6 Å². The summed E-state index contributed by atoms with van der Waals surface area (Å²) in [7, 11) is 2.03. The van der Waals surface area contributed by atoms with E-state index in [1.54, 1.807) is 0 Å². The van der Waals surface area contributed by atoms with Crippen LogP contribution in [0.4, 0.5) is 4.79 Å². The number of nitrogens with one attached hydrogen (secondary N) is 2. The topological polar surface area (TPSA) is 85.0 Å². The number of barbiturate groups is 1. The molecule has 0 bridgehead atoms. The fourth-order valence-corrected chi connectivity index (χ4v) is 2.41. The zero-order chi connectivity index (χ0) is 16.3. The van der Waals surface area contributed by atoms with Crippen LogP contribution in [0.1, 0.15) is 0 Å². The molecular formula is C14H21N5O3. The molecule has 22 heavy (non-hydrogen) atoms. The lowest BCUT2D eigenvalue weighted by atomic mass is 10.0. The Morgan fingerprint density at radius 1 is 1.32 bits per heavy atom. The first kappa shape index (κ1) is 16.2. The normalized spacial score (nSPS) is 24.1. The summed E-state index contributed by atoms with van der Waals surface area (Å²) in [5.74, 6) is -2.35. The van der Waals surface area contributed by atoms with Crippen LogP contribution in [0, 0.1) is 5.92 Å². The number of amides is 4. The molecule has 0 radical (unpaired) electrons. The van der Waals surface area contributed by atoms with Gasteiger partial charge in [0.2, 0.25) is 11.8 Å². The van der Waals surface area contributed by atoms with Crippen LogP contribution in [-0.2, 0) is 9.59 Å². The third-order valence-electron chi connectivity index (χ3n) is 3.72. The maximum absolute atomic E-state index is 12.3. The van der Waals surface area contributed by atoms with Gasteiger partial charge in [-0.1, -0.05) is 12.7 Å². The molecule has 0 unspecified atom stereocenters. The fourth-order valence-electron chi connectivity index (χ4n) is 2.41. The Bertz CT molecular complexity index is 511. The molecule has 4 amide bonds. The Labute approximate surface area is 129 Å². The standard InChI is InChI=1S/C14H21N5O3/c1-4-5-19-13(21)11(12(20)15-14(19)22)10(2)16-18-8-6-17(3)7-9-18/h4,11,16H,1-2,5-9H2,3H3,(H,15,20,22)/t11-/m0/s1. The van der Waals surface area contributed by atoms with Crippen molar-refractivity contribution >= 4 is 17.8 Å². The van der Waals surface area contributed by atoms with E-state index in [9.17, 15) is 14.4 Å². The zero-order valence-electron chi connectivity index (χ0n) is 12.7. The van der Waals surface area contributed by atoms with Gasteiger partial charge in [0.1, 0.15) is 0 Å². The van der Waals surface area contributed by atoms with Crippen LogP contribution in [0.15, 0.2) is 24.9 Å². The average Bonchev–Trinajstić information content (AvgIpc) is 2.45. The molecule has 8 heteroatoms. The van der Waals surface area contributed by atoms with Crippen molar-refractivity contribution in [1.29, 1.82) is 0 Å². The second-order valence-corrected chi connectivity index (χ2v) is 5.39. The molecule has 2 aliphatic rings. The van der Waals surface area contributed by atoms with Gasteiger partial charge in [0.05, 0.1) is 0 Å². The summed E-state index contributed by atoms with van der Waals surface area (Å²) in [6.07, 6.45) is 1.43. The van der Waals surface area contributed by atoms with Crippen LogP contribution in [0.2, 0.25) is 0 Å². The number of hydrogen-bond donors (Lipinski definition) is 2. The van der Waals surface area contributed by atoms with Gasteiger partial charge in [-0.2, -0.15) is 0 Å². The highest BCUT2D eigenvalue weighted by Crippen LogP contribution is 2.17. The smallest absolute Gasteiger partial charge is 0.322 e. The fraction of sp³-hybridized carbons (Fsp3) is 0.500. The Balaban J connectivity index is 2.03. The highest BCUT2D eigenvalue weighted by Gasteiger charge is 2.42. The summed E-state index contributed by atoms with van der Waals surface area (Å²) < 4.78 is 0. The van der Waals surface area contributed by atoms with E-state index in [-0.39, 0.29) is 12.2 Å². The molecule has 8 nitrogen and oxygen atoms in total. The second-order valence-electron chi connectivity index (χ2n) is 5.39. The van der Waals surface area contributed by atoms with Gasteiger partial charge in [0.25, 0.3) is 0 Å². The summed E-state index contributed by atoms with van der Waals surface area (Å²) >= 11 is 0. The van der Waals surface area contributed by atoms with E-state index >= 15 is 0 Å². The lowest BCUT2D eigenvalue weighted by molar-refractivity contribution is -0.140. The van der Waals surface area contributed by atoms with Gasteiger partial charge in [-0.05, 0) is 7.05 Å². The van der Waals surface area contributed by atoms with E-state index < -0.39 is 23.8 Å². The first-order chi connectivity index (χ1) is 10.4. The van der Waals surface area contributed by atoms with E-state index in [1.165, 1.54) is 6.08 Å². The summed E-state index contributed by atoms with van der Waals surface area (Å²) in [5.41, 5.74) is 3.29. The molecule has 2 rings (SSSR count). The lowest BCUT2D eigenvalue weighted by Gasteiger charge is -2.36. The Morgan fingerprint density at radius 2 is 1.95 bits per heavy atom. The minimum atomic E-state index is -1.11. The molecule has 2 aliphatic heterocycles. The second kappa shape index (κ2) is 6.71. The number of likely N-dealkylation sites (N-methyl/N-ethyl adjacent to an activating group) is 1. The number of hydrazine groups is 1. The number of hydrogen-bond acceptors (Lipinski definition) is 6. The van der Waals surface area contributed by atoms with Crippen molar-refractivity contribution < 1.29 is 14.4 Å². The Morgan fingerprint density at radius 3 is 2.55 bits per heavy atom. The van der Waals surface area contributed by atoms with E-state index in [0.29, 0.717) is 0 Å². The van der Waals surface area contributed by atoms with Crippen LogP contribution in [-0.4, -0.2) is 72.4 Å². The summed E-state index contributed by atoms with van der Waals surface area (Å²) in [4.78, 5) is 39.1. The quantitative estimate of drug-likeness (QED) is 0.507. The van der Waals surface area contributed by atoms with Crippen LogP contribution < -0.4 is 10.7 Å². The highest BCUT2D eigenvalue weighted by molar-refractivity contribution is 6.17. The molecule has 0 saturated carbocycles. The van der Waals surface area contributed by atoms with E-state index in [1.807, 2.05) is 12.1 Å². The molecule has 1 atom stereocenters. The number of rotatable bonds is 5. The van der Waals surface area contributed by atoms with Crippen molar-refractivity contribution in [2.24, 2.45) is 5.92 Å². The molecule has 0 aliphatic carbocycles. The van der Waals surface area contributed by atoms with Gasteiger partial charge in [0, 0.05) is 38.4 Å². The number of urea groups is 1. The third-order valence-corrected chi connectivity index (χ3v) is 3.72. The first-order valence-electron chi connectivity index (χ1n) is 7.10. The molecule has 2 heterocycles. The molecule has 2 saturated heterocycles. The van der Waals surface area contributed by atoms with E-state index in [0.717, 1.165) is 31.1 Å². The number of imide groups is 2. The lowest BCUT2D eigenvalue weighted by Crippen LogP contribution is -2.60. The molecule has 120 valence electrons. The van der Waals surface area contributed by atoms with Gasteiger partial charge < -0.3 is 10.3 Å². The molecule has 0 spiro atoms. The first-order valence-corrected chi connectivity index (χ1v) is 7.10. The Hall–Kier alpha value is -2.19. The molecule has 0 aromatic heterocycles. The van der Waals surface area contributed by atoms with Crippen molar-refractivity contribution in [3.63, 3.8) is 0 Å². The van der Waals surface area contributed by atoms with Crippen LogP contribution in [0.5, 0.6) is 0 Å². The summed E-state index contributed by atoms with van der Waals surface area (Å²) in [5, 5.41) is 4.09. The molecule has 2 fully saturated rings. The summed E-state index contributed by atoms with van der Waals surface area (Å²) in [6.45, 7) is 10.6. The van der Waals surface area contributed by atoms with Crippen molar-refractivity contribution in [3.8, 4) is 0 Å². The number of piperazine rings is 1. The highest BCUT2D eigenvalue weighted by atomic mass is 16.2. The molecule has 2 N–H and O–H groups in total. The average molecular weight is 307 g/mol. The molecule has 0 aromatic rings. The molecule has 0 aromatic carbocycles. The Kier molecular flexibility index (Phi) is 4.94. The predicted octanol–water partition coefficient (Wildman–Crippen LogP) is -0.867. The number of nitrogens with zero attached hydrogens (tertiary/aromatic N) is 3. The maximum Gasteiger partial charge on any atom is 0.331 e. The van der Waals surface area contributed by atoms with Gasteiger partial charge in [-0.25, -0.2) is 9.80 Å². The van der Waals surface area contributed by atoms with Crippen LogP contribution in [0.25, 0.3) is 0 Å². The SMILES string of the molecule is C=CCN1C(=O)NC(=O)[C@H](C(=C)NN2CCN(C)CC2)C1=O. The third kappa shape index (κ3) is 3.34. The molecular weight excluding hydrogens is 286 g/mol. The van der Waals surface area contributed by atoms with Gasteiger partial charge >= 0.3 is 6.03 Å². The van der Waals surface area contributed by atoms with Gasteiger partial charge in [0.15, 0.2) is 5.92 Å². The largest absolute Gasteiger partial charge is 0.331 e. The predicted molar refractivity (Wildman–Crippen MR) is 80.3 cm³/mol. The van der Waals surface area contributed by atoms with Crippen LogP contribution >= 0.6 is 0 Å². The monoisotopic (exact) mass is 307 g/mol. The van der Waals surface area contributed by atoms with E-state index in [2.05, 4.69) is 28.8 Å². The van der Waals surface area contributed by atoms with Gasteiger partial charge in [-0.3, -0.25) is 19.8 Å². The number of carbonyl (C=O) groups excluding carboxylic acids is 3. The van der Waals surface area contributed by atoms with Crippen molar-refractivity contribution in [2.75, 3.05) is 39.8 Å². The maximum atomic E-state index is 12.3. The minimum absolute atomic E-state index is 0.0518. The van der Waals surface area contributed by atoms with Crippen molar-refractivity contribution in [2.45, 2.75) is 0 Å². The van der Waals surface area contributed by atoms with E-state index in [4.69, 9.17) is 0 Å². The minimum Gasteiger partial charge on any atom is -0.322 e.